The zero-order valence-electron chi connectivity index (χ0n) is 15.9. The molecule has 0 spiro atoms. The van der Waals surface area contributed by atoms with Gasteiger partial charge in [-0.2, -0.15) is 0 Å². The minimum absolute atomic E-state index is 0.271. The van der Waals surface area contributed by atoms with Gasteiger partial charge in [0.05, 0.1) is 0 Å². The van der Waals surface area contributed by atoms with E-state index in [0.29, 0.717) is 13.1 Å². The number of anilines is 1. The van der Waals surface area contributed by atoms with E-state index in [0.717, 1.165) is 5.69 Å². The van der Waals surface area contributed by atoms with Gasteiger partial charge in [-0.05, 0) is 72.6 Å². The number of amides is 1. The highest BCUT2D eigenvalue weighted by atomic mass is 16.6. The highest BCUT2D eigenvalue weighted by Crippen LogP contribution is 2.20. The van der Waals surface area contributed by atoms with Gasteiger partial charge in [0.2, 0.25) is 0 Å². The lowest BCUT2D eigenvalue weighted by Gasteiger charge is -2.37. The zero-order valence-corrected chi connectivity index (χ0v) is 15.9. The number of hydrogen-bond acceptors (Lipinski definition) is 3. The fourth-order valence-corrected chi connectivity index (χ4v) is 2.26. The summed E-state index contributed by atoms with van der Waals surface area (Å²) in [6, 6.07) is 6.21. The van der Waals surface area contributed by atoms with Crippen molar-refractivity contribution >= 4 is 11.8 Å². The second-order valence-corrected chi connectivity index (χ2v) is 7.98. The molecule has 23 heavy (non-hydrogen) atoms. The van der Waals surface area contributed by atoms with Crippen LogP contribution in [0.3, 0.4) is 0 Å². The predicted molar refractivity (Wildman–Crippen MR) is 97.1 cm³/mol. The Bertz CT molecular complexity index is 539. The zero-order chi connectivity index (χ0) is 17.8. The number of ether oxygens (including phenoxy) is 1. The molecule has 4 heteroatoms. The highest BCUT2D eigenvalue weighted by Gasteiger charge is 2.30. The second kappa shape index (κ2) is 7.24. The van der Waals surface area contributed by atoms with Crippen molar-refractivity contribution in [3.63, 3.8) is 0 Å². The number of hydrogen-bond donors (Lipinski definition) is 1. The summed E-state index contributed by atoms with van der Waals surface area (Å²) in [5, 5.41) is 3.42. The summed E-state index contributed by atoms with van der Waals surface area (Å²) in [4.78, 5) is 14.2. The molecule has 0 saturated heterocycles. The number of nitrogens with one attached hydrogen (secondary N) is 1. The third kappa shape index (κ3) is 6.12. The fraction of sp³-hybridized carbons (Fsp3) is 0.632. The summed E-state index contributed by atoms with van der Waals surface area (Å²) >= 11 is 0. The molecule has 0 radical (unpaired) electrons. The molecule has 0 aromatic heterocycles. The highest BCUT2D eigenvalue weighted by molar-refractivity contribution is 5.69. The third-order valence-corrected chi connectivity index (χ3v) is 3.68. The monoisotopic (exact) mass is 320 g/mol. The molecule has 1 aromatic carbocycles. The maximum Gasteiger partial charge on any atom is 0.410 e. The summed E-state index contributed by atoms with van der Waals surface area (Å²) in [7, 11) is 0. The Morgan fingerprint density at radius 2 is 1.74 bits per heavy atom. The molecule has 0 fully saturated rings. The van der Waals surface area contributed by atoms with Gasteiger partial charge in [0.15, 0.2) is 0 Å². The Balaban J connectivity index is 2.72. The van der Waals surface area contributed by atoms with E-state index in [9.17, 15) is 4.79 Å². The van der Waals surface area contributed by atoms with Gasteiger partial charge in [-0.1, -0.05) is 12.1 Å². The first-order valence-electron chi connectivity index (χ1n) is 8.22. The average Bonchev–Trinajstić information content (AvgIpc) is 2.35. The lowest BCUT2D eigenvalue weighted by Crippen LogP contribution is -2.49. The van der Waals surface area contributed by atoms with Crippen LogP contribution in [0.5, 0.6) is 0 Å². The predicted octanol–water partition coefficient (Wildman–Crippen LogP) is 4.75. The van der Waals surface area contributed by atoms with Gasteiger partial charge < -0.3 is 15.0 Å². The topological polar surface area (TPSA) is 41.6 Å². The standard InChI is InChI=1S/C19H32N2O2/c1-14-10-9-11-16(15(14)2)20-12-13-21(18(3,4)5)17(22)23-19(6,7)8/h9-11,20H,12-13H2,1-8H3. The summed E-state index contributed by atoms with van der Waals surface area (Å²) in [5.74, 6) is 0. The van der Waals surface area contributed by atoms with Crippen molar-refractivity contribution in [3.8, 4) is 0 Å². The van der Waals surface area contributed by atoms with Gasteiger partial charge in [-0.3, -0.25) is 0 Å². The normalized spacial score (nSPS) is 12.0. The van der Waals surface area contributed by atoms with Gasteiger partial charge in [0.25, 0.3) is 0 Å². The van der Waals surface area contributed by atoms with Gasteiger partial charge >= 0.3 is 6.09 Å². The van der Waals surface area contributed by atoms with Crippen LogP contribution in [-0.2, 0) is 4.74 Å². The summed E-state index contributed by atoms with van der Waals surface area (Å²) < 4.78 is 5.53. The number of aryl methyl sites for hydroxylation is 1. The van der Waals surface area contributed by atoms with E-state index in [1.807, 2.05) is 47.6 Å². The van der Waals surface area contributed by atoms with Gasteiger partial charge in [0, 0.05) is 24.3 Å². The average molecular weight is 320 g/mol. The molecule has 0 aliphatic carbocycles. The lowest BCUT2D eigenvalue weighted by molar-refractivity contribution is 0.00749. The van der Waals surface area contributed by atoms with Crippen molar-refractivity contribution in [2.75, 3.05) is 18.4 Å². The largest absolute Gasteiger partial charge is 0.444 e. The Hall–Kier alpha value is -1.71. The molecule has 0 aliphatic heterocycles. The minimum Gasteiger partial charge on any atom is -0.444 e. The first-order chi connectivity index (χ1) is 10.4. The maximum absolute atomic E-state index is 12.4. The molecule has 0 aliphatic rings. The first kappa shape index (κ1) is 19.3. The molecule has 1 amide bonds. The molecule has 130 valence electrons. The number of carbonyl (C=O) groups is 1. The molecule has 1 aromatic rings. The molecule has 0 saturated carbocycles. The summed E-state index contributed by atoms with van der Waals surface area (Å²) in [6.45, 7) is 17.2. The number of nitrogens with zero attached hydrogens (tertiary/aromatic N) is 1. The third-order valence-electron chi connectivity index (χ3n) is 3.68. The molecule has 0 unspecified atom stereocenters. The van der Waals surface area contributed by atoms with E-state index in [2.05, 4.69) is 31.3 Å². The number of benzene rings is 1. The molecule has 0 atom stereocenters. The van der Waals surface area contributed by atoms with Crippen LogP contribution in [0.2, 0.25) is 0 Å². The van der Waals surface area contributed by atoms with E-state index in [-0.39, 0.29) is 11.6 Å². The first-order valence-corrected chi connectivity index (χ1v) is 8.22. The fourth-order valence-electron chi connectivity index (χ4n) is 2.26. The van der Waals surface area contributed by atoms with Crippen LogP contribution in [0.15, 0.2) is 18.2 Å². The van der Waals surface area contributed by atoms with Crippen LogP contribution in [0.1, 0.15) is 52.7 Å². The van der Waals surface area contributed by atoms with Crippen molar-refractivity contribution in [3.05, 3.63) is 29.3 Å². The van der Waals surface area contributed by atoms with Crippen LogP contribution >= 0.6 is 0 Å². The van der Waals surface area contributed by atoms with E-state index in [4.69, 9.17) is 4.74 Å². The Morgan fingerprint density at radius 1 is 1.13 bits per heavy atom. The van der Waals surface area contributed by atoms with Crippen LogP contribution in [0, 0.1) is 13.8 Å². The van der Waals surface area contributed by atoms with Crippen LogP contribution in [-0.4, -0.2) is 35.2 Å². The van der Waals surface area contributed by atoms with Gasteiger partial charge in [-0.15, -0.1) is 0 Å². The van der Waals surface area contributed by atoms with Crippen molar-refractivity contribution in [2.24, 2.45) is 0 Å². The molecule has 1 N–H and O–H groups in total. The van der Waals surface area contributed by atoms with Crippen LogP contribution < -0.4 is 5.32 Å². The molecular formula is C19H32N2O2. The van der Waals surface area contributed by atoms with Crippen molar-refractivity contribution in [2.45, 2.75) is 66.5 Å². The molecule has 1 rings (SSSR count). The Kier molecular flexibility index (Phi) is 6.09. The van der Waals surface area contributed by atoms with E-state index in [1.165, 1.54) is 11.1 Å². The van der Waals surface area contributed by atoms with E-state index in [1.54, 1.807) is 4.90 Å². The van der Waals surface area contributed by atoms with Crippen LogP contribution in [0.25, 0.3) is 0 Å². The van der Waals surface area contributed by atoms with Crippen molar-refractivity contribution < 1.29 is 9.53 Å². The second-order valence-electron chi connectivity index (χ2n) is 7.98. The van der Waals surface area contributed by atoms with Gasteiger partial charge in [0.1, 0.15) is 5.60 Å². The summed E-state index contributed by atoms with van der Waals surface area (Å²) in [6.07, 6.45) is -0.271. The minimum atomic E-state index is -0.485. The molecule has 0 bridgehead atoms. The number of rotatable bonds is 4. The van der Waals surface area contributed by atoms with E-state index < -0.39 is 5.60 Å². The molecular weight excluding hydrogens is 288 g/mol. The van der Waals surface area contributed by atoms with E-state index >= 15 is 0 Å². The maximum atomic E-state index is 12.4. The Morgan fingerprint density at radius 3 is 2.26 bits per heavy atom. The van der Waals surface area contributed by atoms with Crippen molar-refractivity contribution in [1.82, 2.24) is 4.90 Å². The van der Waals surface area contributed by atoms with Gasteiger partial charge in [-0.25, -0.2) is 4.79 Å². The molecule has 4 nitrogen and oxygen atoms in total. The quantitative estimate of drug-likeness (QED) is 0.870. The smallest absolute Gasteiger partial charge is 0.410 e. The SMILES string of the molecule is Cc1cccc(NCCN(C(=O)OC(C)(C)C)C(C)(C)C)c1C. The summed E-state index contributed by atoms with van der Waals surface area (Å²) in [5.41, 5.74) is 2.84. The molecule has 0 heterocycles. The Labute approximate surface area is 141 Å². The van der Waals surface area contributed by atoms with Crippen molar-refractivity contribution in [1.29, 1.82) is 0 Å². The van der Waals surface area contributed by atoms with Crippen LogP contribution in [0.4, 0.5) is 10.5 Å². The lowest BCUT2D eigenvalue weighted by atomic mass is 10.1. The number of carbonyl (C=O) groups excluding carboxylic acids is 1.